The Labute approximate surface area is 79.5 Å². The Hall–Kier alpha value is -0.570. The highest BCUT2D eigenvalue weighted by molar-refractivity contribution is 5.82. The molecule has 3 nitrogen and oxygen atoms in total. The van der Waals surface area contributed by atoms with Crippen molar-refractivity contribution in [3.63, 3.8) is 0 Å². The standard InChI is InChI=1S/C10H18N2O/c1-12(8-4-2-3-5-8)10(13)9-6-7-11-9/h8-9,11H,2-7H2,1H3. The van der Waals surface area contributed by atoms with Gasteiger partial charge in [-0.2, -0.15) is 0 Å². The van der Waals surface area contributed by atoms with Crippen molar-refractivity contribution >= 4 is 5.91 Å². The predicted octanol–water partition coefficient (Wildman–Crippen LogP) is 0.749. The zero-order valence-corrected chi connectivity index (χ0v) is 8.25. The van der Waals surface area contributed by atoms with Crippen LogP contribution >= 0.6 is 0 Å². The summed E-state index contributed by atoms with van der Waals surface area (Å²) < 4.78 is 0. The van der Waals surface area contributed by atoms with Crippen LogP contribution in [-0.2, 0) is 4.79 Å². The van der Waals surface area contributed by atoms with E-state index in [-0.39, 0.29) is 6.04 Å². The molecule has 0 spiro atoms. The van der Waals surface area contributed by atoms with Crippen molar-refractivity contribution in [2.45, 2.75) is 44.2 Å². The first-order valence-corrected chi connectivity index (χ1v) is 5.29. The van der Waals surface area contributed by atoms with Crippen LogP contribution in [0.2, 0.25) is 0 Å². The van der Waals surface area contributed by atoms with E-state index in [2.05, 4.69) is 5.32 Å². The minimum Gasteiger partial charge on any atom is -0.341 e. The van der Waals surface area contributed by atoms with Crippen LogP contribution in [0.1, 0.15) is 32.1 Å². The largest absolute Gasteiger partial charge is 0.341 e. The zero-order chi connectivity index (χ0) is 9.26. The quantitative estimate of drug-likeness (QED) is 0.683. The molecule has 1 saturated carbocycles. The third kappa shape index (κ3) is 1.70. The van der Waals surface area contributed by atoms with Gasteiger partial charge in [0.1, 0.15) is 0 Å². The summed E-state index contributed by atoms with van der Waals surface area (Å²) in [4.78, 5) is 13.7. The highest BCUT2D eigenvalue weighted by atomic mass is 16.2. The first-order valence-electron chi connectivity index (χ1n) is 5.29. The summed E-state index contributed by atoms with van der Waals surface area (Å²) in [6, 6.07) is 0.653. The lowest BCUT2D eigenvalue weighted by molar-refractivity contribution is -0.135. The van der Waals surface area contributed by atoms with Crippen molar-refractivity contribution in [1.82, 2.24) is 10.2 Å². The molecule has 1 unspecified atom stereocenters. The lowest BCUT2D eigenvalue weighted by Crippen LogP contribution is -2.55. The molecular weight excluding hydrogens is 164 g/mol. The van der Waals surface area contributed by atoms with Gasteiger partial charge in [-0.05, 0) is 25.8 Å². The van der Waals surface area contributed by atoms with Gasteiger partial charge in [0, 0.05) is 13.1 Å². The lowest BCUT2D eigenvalue weighted by atomic mass is 10.1. The molecule has 2 rings (SSSR count). The third-order valence-corrected chi connectivity index (χ3v) is 3.34. The lowest BCUT2D eigenvalue weighted by Gasteiger charge is -2.33. The Kier molecular flexibility index (Phi) is 2.54. The molecule has 2 aliphatic rings. The number of rotatable bonds is 2. The molecular formula is C10H18N2O. The first-order chi connectivity index (χ1) is 6.29. The number of carbonyl (C=O) groups excluding carboxylic acids is 1. The maximum absolute atomic E-state index is 11.8. The minimum absolute atomic E-state index is 0.130. The van der Waals surface area contributed by atoms with E-state index in [0.717, 1.165) is 13.0 Å². The van der Waals surface area contributed by atoms with Gasteiger partial charge in [-0.25, -0.2) is 0 Å². The highest BCUT2D eigenvalue weighted by Crippen LogP contribution is 2.23. The Bertz CT molecular complexity index is 195. The van der Waals surface area contributed by atoms with Crippen molar-refractivity contribution in [2.75, 3.05) is 13.6 Å². The third-order valence-electron chi connectivity index (χ3n) is 3.34. The first kappa shape index (κ1) is 9.00. The van der Waals surface area contributed by atoms with Crippen LogP contribution in [0.25, 0.3) is 0 Å². The van der Waals surface area contributed by atoms with Gasteiger partial charge in [-0.3, -0.25) is 4.79 Å². The van der Waals surface area contributed by atoms with Gasteiger partial charge in [0.15, 0.2) is 0 Å². The van der Waals surface area contributed by atoms with E-state index in [1.807, 2.05) is 11.9 Å². The second kappa shape index (κ2) is 3.66. The molecule has 1 atom stereocenters. The second-order valence-corrected chi connectivity index (χ2v) is 4.18. The zero-order valence-electron chi connectivity index (χ0n) is 8.25. The summed E-state index contributed by atoms with van der Waals surface area (Å²) in [5.74, 6) is 0.304. The molecule has 1 saturated heterocycles. The van der Waals surface area contributed by atoms with Gasteiger partial charge in [0.05, 0.1) is 6.04 Å². The molecule has 1 aliphatic heterocycles. The number of likely N-dealkylation sites (N-methyl/N-ethyl adjacent to an activating group) is 1. The van der Waals surface area contributed by atoms with Crippen LogP contribution in [0.5, 0.6) is 0 Å². The van der Waals surface area contributed by atoms with E-state index in [1.54, 1.807) is 0 Å². The van der Waals surface area contributed by atoms with Crippen LogP contribution < -0.4 is 5.32 Å². The number of nitrogens with zero attached hydrogens (tertiary/aromatic N) is 1. The summed E-state index contributed by atoms with van der Waals surface area (Å²) in [6.45, 7) is 1.01. The topological polar surface area (TPSA) is 32.3 Å². The maximum atomic E-state index is 11.8. The molecule has 2 fully saturated rings. The van der Waals surface area contributed by atoms with Crippen molar-refractivity contribution < 1.29 is 4.79 Å². The Balaban J connectivity index is 1.87. The van der Waals surface area contributed by atoms with Crippen molar-refractivity contribution in [3.05, 3.63) is 0 Å². The molecule has 1 aliphatic carbocycles. The molecule has 1 N–H and O–H groups in total. The molecule has 0 aromatic rings. The fourth-order valence-electron chi connectivity index (χ4n) is 2.22. The van der Waals surface area contributed by atoms with Crippen molar-refractivity contribution in [3.8, 4) is 0 Å². The number of hydrogen-bond acceptors (Lipinski definition) is 2. The smallest absolute Gasteiger partial charge is 0.239 e. The average molecular weight is 182 g/mol. The molecule has 1 heterocycles. The molecule has 0 radical (unpaired) electrons. The molecule has 0 bridgehead atoms. The normalized spacial score (nSPS) is 28.5. The number of hydrogen-bond donors (Lipinski definition) is 1. The summed E-state index contributed by atoms with van der Waals surface area (Å²) >= 11 is 0. The number of nitrogens with one attached hydrogen (secondary N) is 1. The monoisotopic (exact) mass is 182 g/mol. The van der Waals surface area contributed by atoms with Gasteiger partial charge in [-0.1, -0.05) is 12.8 Å². The van der Waals surface area contributed by atoms with Gasteiger partial charge < -0.3 is 10.2 Å². The predicted molar refractivity (Wildman–Crippen MR) is 51.4 cm³/mol. The van der Waals surface area contributed by atoms with Crippen molar-refractivity contribution in [1.29, 1.82) is 0 Å². The Morgan fingerprint density at radius 2 is 1.92 bits per heavy atom. The van der Waals surface area contributed by atoms with Crippen LogP contribution in [0, 0.1) is 0 Å². The molecule has 0 aromatic carbocycles. The van der Waals surface area contributed by atoms with Crippen LogP contribution in [0.4, 0.5) is 0 Å². The molecule has 3 heteroatoms. The van der Waals surface area contributed by atoms with Crippen LogP contribution in [-0.4, -0.2) is 36.5 Å². The summed E-state index contributed by atoms with van der Waals surface area (Å²) in [7, 11) is 1.96. The Morgan fingerprint density at radius 3 is 2.38 bits per heavy atom. The fraction of sp³-hybridized carbons (Fsp3) is 0.900. The number of carbonyl (C=O) groups is 1. The second-order valence-electron chi connectivity index (χ2n) is 4.18. The van der Waals surface area contributed by atoms with Gasteiger partial charge in [0.25, 0.3) is 0 Å². The molecule has 0 aromatic heterocycles. The molecule has 13 heavy (non-hydrogen) atoms. The van der Waals surface area contributed by atoms with Crippen LogP contribution in [0.3, 0.4) is 0 Å². The van der Waals surface area contributed by atoms with Gasteiger partial charge >= 0.3 is 0 Å². The van der Waals surface area contributed by atoms with Crippen LogP contribution in [0.15, 0.2) is 0 Å². The maximum Gasteiger partial charge on any atom is 0.239 e. The SMILES string of the molecule is CN(C(=O)C1CCN1)C1CCCC1. The summed E-state index contributed by atoms with van der Waals surface area (Å²) in [5.41, 5.74) is 0. The van der Waals surface area contributed by atoms with E-state index in [0.29, 0.717) is 11.9 Å². The van der Waals surface area contributed by atoms with E-state index < -0.39 is 0 Å². The summed E-state index contributed by atoms with van der Waals surface area (Å²) in [5, 5.41) is 3.16. The summed E-state index contributed by atoms with van der Waals surface area (Å²) in [6.07, 6.45) is 6.01. The van der Waals surface area contributed by atoms with Gasteiger partial charge in [-0.15, -0.1) is 0 Å². The Morgan fingerprint density at radius 1 is 1.31 bits per heavy atom. The fourth-order valence-corrected chi connectivity index (χ4v) is 2.22. The average Bonchev–Trinajstić information content (AvgIpc) is 2.51. The van der Waals surface area contributed by atoms with Crippen molar-refractivity contribution in [2.24, 2.45) is 0 Å². The minimum atomic E-state index is 0.130. The molecule has 1 amide bonds. The van der Waals surface area contributed by atoms with E-state index in [1.165, 1.54) is 25.7 Å². The highest BCUT2D eigenvalue weighted by Gasteiger charge is 2.31. The molecule has 74 valence electrons. The van der Waals surface area contributed by atoms with E-state index in [4.69, 9.17) is 0 Å². The number of amides is 1. The van der Waals surface area contributed by atoms with E-state index in [9.17, 15) is 4.79 Å². The van der Waals surface area contributed by atoms with Gasteiger partial charge in [0.2, 0.25) is 5.91 Å². The van der Waals surface area contributed by atoms with E-state index >= 15 is 0 Å².